The second-order valence-corrected chi connectivity index (χ2v) is 9.02. The van der Waals surface area contributed by atoms with Gasteiger partial charge in [0.1, 0.15) is 6.04 Å². The molecular formula is C29H36N2O2. The molecule has 0 fully saturated rings. The quantitative estimate of drug-likeness (QED) is 0.431. The fourth-order valence-corrected chi connectivity index (χ4v) is 4.21. The van der Waals surface area contributed by atoms with Gasteiger partial charge in [0.05, 0.1) is 0 Å². The van der Waals surface area contributed by atoms with Gasteiger partial charge in [-0.25, -0.2) is 0 Å². The van der Waals surface area contributed by atoms with E-state index in [2.05, 4.69) is 55.6 Å². The summed E-state index contributed by atoms with van der Waals surface area (Å²) >= 11 is 0. The SMILES string of the molecule is CC[C@@H](C(=O)NCC(C)C)N(CCc1ccccc1)C(=O)CCc1cccc2ccccc12. The standard InChI is InChI=1S/C29H36N2O2/c1-4-27(29(33)30-21-22(2)3)31(20-19-23-11-6-5-7-12-23)28(32)18-17-25-15-10-14-24-13-8-9-16-26(24)25/h5-16,22,27H,4,17-21H2,1-3H3,(H,30,33)/t27-/m0/s1. The predicted octanol–water partition coefficient (Wildman–Crippen LogP) is 5.39. The lowest BCUT2D eigenvalue weighted by molar-refractivity contribution is -0.140. The molecule has 4 heteroatoms. The van der Waals surface area contributed by atoms with E-state index >= 15 is 0 Å². The average Bonchev–Trinajstić information content (AvgIpc) is 2.84. The molecule has 2 amide bonds. The molecule has 1 N–H and O–H groups in total. The van der Waals surface area contributed by atoms with E-state index in [1.54, 1.807) is 4.90 Å². The van der Waals surface area contributed by atoms with Gasteiger partial charge in [-0.15, -0.1) is 0 Å². The van der Waals surface area contributed by atoms with Crippen LogP contribution in [0.15, 0.2) is 72.8 Å². The number of nitrogens with one attached hydrogen (secondary N) is 1. The monoisotopic (exact) mass is 444 g/mol. The summed E-state index contributed by atoms with van der Waals surface area (Å²) in [4.78, 5) is 28.2. The summed E-state index contributed by atoms with van der Waals surface area (Å²) in [5.41, 5.74) is 2.34. The number of fused-ring (bicyclic) bond motifs is 1. The van der Waals surface area contributed by atoms with Crippen LogP contribution in [0.5, 0.6) is 0 Å². The van der Waals surface area contributed by atoms with Crippen LogP contribution in [0.3, 0.4) is 0 Å². The van der Waals surface area contributed by atoms with Crippen molar-refractivity contribution in [2.24, 2.45) is 5.92 Å². The van der Waals surface area contributed by atoms with Gasteiger partial charge in [0.15, 0.2) is 0 Å². The normalized spacial score (nSPS) is 12.0. The first-order valence-corrected chi connectivity index (χ1v) is 12.1. The van der Waals surface area contributed by atoms with Gasteiger partial charge in [-0.1, -0.05) is 93.6 Å². The number of amides is 2. The van der Waals surface area contributed by atoms with Gasteiger partial charge < -0.3 is 10.2 Å². The van der Waals surface area contributed by atoms with Crippen LogP contribution in [0.4, 0.5) is 0 Å². The second kappa shape index (κ2) is 12.2. The molecule has 3 aromatic rings. The van der Waals surface area contributed by atoms with Crippen LogP contribution < -0.4 is 5.32 Å². The highest BCUT2D eigenvalue weighted by Gasteiger charge is 2.28. The maximum absolute atomic E-state index is 13.5. The minimum absolute atomic E-state index is 0.0328. The third kappa shape index (κ3) is 6.92. The lowest BCUT2D eigenvalue weighted by atomic mass is 10.00. The van der Waals surface area contributed by atoms with Crippen molar-refractivity contribution in [1.82, 2.24) is 10.2 Å². The molecule has 0 saturated heterocycles. The fraction of sp³-hybridized carbons (Fsp3) is 0.379. The van der Waals surface area contributed by atoms with Crippen molar-refractivity contribution in [2.75, 3.05) is 13.1 Å². The van der Waals surface area contributed by atoms with Crippen LogP contribution in [0, 0.1) is 5.92 Å². The molecule has 4 nitrogen and oxygen atoms in total. The van der Waals surface area contributed by atoms with Crippen LogP contribution in [-0.4, -0.2) is 35.8 Å². The zero-order chi connectivity index (χ0) is 23.6. The molecule has 0 heterocycles. The Balaban J connectivity index is 1.75. The smallest absolute Gasteiger partial charge is 0.242 e. The van der Waals surface area contributed by atoms with Gasteiger partial charge in [-0.05, 0) is 47.1 Å². The summed E-state index contributed by atoms with van der Waals surface area (Å²) in [6.07, 6.45) is 2.37. The first-order valence-electron chi connectivity index (χ1n) is 12.1. The summed E-state index contributed by atoms with van der Waals surface area (Å²) in [6, 6.07) is 24.2. The molecule has 0 aromatic heterocycles. The maximum Gasteiger partial charge on any atom is 0.242 e. The zero-order valence-corrected chi connectivity index (χ0v) is 20.1. The van der Waals surface area contributed by atoms with Crippen molar-refractivity contribution < 1.29 is 9.59 Å². The topological polar surface area (TPSA) is 49.4 Å². The second-order valence-electron chi connectivity index (χ2n) is 9.02. The average molecular weight is 445 g/mol. The van der Waals surface area contributed by atoms with Gasteiger partial charge in [0, 0.05) is 19.5 Å². The van der Waals surface area contributed by atoms with E-state index < -0.39 is 6.04 Å². The Hall–Kier alpha value is -3.14. The number of aryl methyl sites for hydroxylation is 1. The van der Waals surface area contributed by atoms with E-state index in [9.17, 15) is 9.59 Å². The first-order chi connectivity index (χ1) is 16.0. The molecule has 3 aromatic carbocycles. The number of hydrogen-bond donors (Lipinski definition) is 1. The van der Waals surface area contributed by atoms with Crippen LogP contribution in [-0.2, 0) is 22.4 Å². The number of rotatable bonds is 11. The number of nitrogens with zero attached hydrogens (tertiary/aromatic N) is 1. The Labute approximate surface area is 198 Å². The molecule has 1 atom stereocenters. The number of carbonyl (C=O) groups excluding carboxylic acids is 2. The van der Waals surface area contributed by atoms with Crippen LogP contribution in [0.2, 0.25) is 0 Å². The Morgan fingerprint density at radius 3 is 2.30 bits per heavy atom. The van der Waals surface area contributed by atoms with Crippen molar-refractivity contribution in [1.29, 1.82) is 0 Å². The van der Waals surface area contributed by atoms with Crippen molar-refractivity contribution in [2.45, 2.75) is 52.5 Å². The highest BCUT2D eigenvalue weighted by molar-refractivity contribution is 5.89. The van der Waals surface area contributed by atoms with E-state index in [0.717, 1.165) is 6.42 Å². The summed E-state index contributed by atoms with van der Waals surface area (Å²) in [7, 11) is 0. The summed E-state index contributed by atoms with van der Waals surface area (Å²) in [5, 5.41) is 5.40. The third-order valence-corrected chi connectivity index (χ3v) is 6.04. The lowest BCUT2D eigenvalue weighted by Gasteiger charge is -2.31. The van der Waals surface area contributed by atoms with Crippen molar-refractivity contribution in [3.63, 3.8) is 0 Å². The third-order valence-electron chi connectivity index (χ3n) is 6.04. The van der Waals surface area contributed by atoms with Gasteiger partial charge in [-0.2, -0.15) is 0 Å². The van der Waals surface area contributed by atoms with Gasteiger partial charge in [-0.3, -0.25) is 9.59 Å². The largest absolute Gasteiger partial charge is 0.354 e. The van der Waals surface area contributed by atoms with Gasteiger partial charge in [0.25, 0.3) is 0 Å². The zero-order valence-electron chi connectivity index (χ0n) is 20.1. The number of carbonyl (C=O) groups is 2. The molecule has 3 rings (SSSR count). The predicted molar refractivity (Wildman–Crippen MR) is 136 cm³/mol. The molecule has 0 bridgehead atoms. The summed E-state index contributed by atoms with van der Waals surface area (Å²) < 4.78 is 0. The molecule has 0 radical (unpaired) electrons. The highest BCUT2D eigenvalue weighted by atomic mass is 16.2. The first kappa shape index (κ1) is 24.5. The number of benzene rings is 3. The molecule has 174 valence electrons. The molecule has 0 aliphatic carbocycles. The molecule has 0 aliphatic heterocycles. The van der Waals surface area contributed by atoms with E-state index in [0.29, 0.717) is 38.3 Å². The van der Waals surface area contributed by atoms with Crippen LogP contribution in [0.1, 0.15) is 44.7 Å². The minimum atomic E-state index is -0.451. The fourth-order valence-electron chi connectivity index (χ4n) is 4.21. The van der Waals surface area contributed by atoms with Gasteiger partial charge >= 0.3 is 0 Å². The Morgan fingerprint density at radius 1 is 0.879 bits per heavy atom. The molecular weight excluding hydrogens is 408 g/mol. The van der Waals surface area contributed by atoms with E-state index in [4.69, 9.17) is 0 Å². The number of hydrogen-bond acceptors (Lipinski definition) is 2. The van der Waals surface area contributed by atoms with Crippen molar-refractivity contribution in [3.8, 4) is 0 Å². The van der Waals surface area contributed by atoms with E-state index in [-0.39, 0.29) is 11.8 Å². The molecule has 0 spiro atoms. The summed E-state index contributed by atoms with van der Waals surface area (Å²) in [5.74, 6) is 0.342. The lowest BCUT2D eigenvalue weighted by Crippen LogP contribution is -2.50. The van der Waals surface area contributed by atoms with Gasteiger partial charge in [0.2, 0.25) is 11.8 Å². The Morgan fingerprint density at radius 2 is 1.58 bits per heavy atom. The minimum Gasteiger partial charge on any atom is -0.354 e. The highest BCUT2D eigenvalue weighted by Crippen LogP contribution is 2.21. The molecule has 0 saturated carbocycles. The Bertz CT molecular complexity index is 1040. The van der Waals surface area contributed by atoms with Crippen molar-refractivity contribution >= 4 is 22.6 Å². The Kier molecular flexibility index (Phi) is 9.05. The van der Waals surface area contributed by atoms with Crippen LogP contribution in [0.25, 0.3) is 10.8 Å². The maximum atomic E-state index is 13.5. The van der Waals surface area contributed by atoms with Crippen molar-refractivity contribution in [3.05, 3.63) is 83.9 Å². The van der Waals surface area contributed by atoms with E-state index in [1.807, 2.05) is 43.3 Å². The molecule has 33 heavy (non-hydrogen) atoms. The molecule has 0 aliphatic rings. The van der Waals surface area contributed by atoms with E-state index in [1.165, 1.54) is 21.9 Å². The molecule has 0 unspecified atom stereocenters. The van der Waals surface area contributed by atoms with Crippen LogP contribution >= 0.6 is 0 Å². The summed E-state index contributed by atoms with van der Waals surface area (Å²) in [6.45, 7) is 7.28.